The van der Waals surface area contributed by atoms with Gasteiger partial charge in [0.05, 0.1) is 0 Å². The average molecular weight is 310 g/mol. The number of anilines is 2. The third-order valence-corrected chi connectivity index (χ3v) is 3.99. The normalized spacial score (nSPS) is 10.3. The molecule has 2 rings (SSSR count). The van der Waals surface area contributed by atoms with E-state index in [2.05, 4.69) is 10.6 Å². The van der Waals surface area contributed by atoms with Gasteiger partial charge in [-0.1, -0.05) is 18.2 Å². The van der Waals surface area contributed by atoms with Gasteiger partial charge in [0.25, 0.3) is 0 Å². The predicted octanol–water partition coefficient (Wildman–Crippen LogP) is 3.89. The van der Waals surface area contributed by atoms with Gasteiger partial charge in [0.15, 0.2) is 0 Å². The maximum Gasteiger partial charge on any atom is 0.233 e. The van der Waals surface area contributed by atoms with Crippen molar-refractivity contribution in [2.75, 3.05) is 10.6 Å². The van der Waals surface area contributed by atoms with Crippen molar-refractivity contribution in [2.24, 2.45) is 0 Å². The number of hydrogen-bond acceptors (Lipinski definition) is 2. The molecule has 0 heterocycles. The molecule has 0 fully saturated rings. The van der Waals surface area contributed by atoms with E-state index in [0.29, 0.717) is 5.69 Å². The first-order valence-electron chi connectivity index (χ1n) is 7.60. The molecule has 0 unspecified atom stereocenters. The molecule has 120 valence electrons. The van der Waals surface area contributed by atoms with Crippen LogP contribution in [0, 0.1) is 27.7 Å². The molecule has 0 aliphatic heterocycles. The Morgan fingerprint density at radius 1 is 0.826 bits per heavy atom. The number of hydrogen-bond donors (Lipinski definition) is 2. The zero-order chi connectivity index (χ0) is 17.0. The fraction of sp³-hybridized carbons (Fsp3) is 0.263. The van der Waals surface area contributed by atoms with Gasteiger partial charge >= 0.3 is 0 Å². The van der Waals surface area contributed by atoms with E-state index in [1.165, 1.54) is 0 Å². The van der Waals surface area contributed by atoms with Crippen LogP contribution in [0.4, 0.5) is 11.4 Å². The van der Waals surface area contributed by atoms with Crippen LogP contribution in [0.2, 0.25) is 0 Å². The molecule has 0 aliphatic rings. The second-order valence-electron chi connectivity index (χ2n) is 5.82. The van der Waals surface area contributed by atoms with Crippen molar-refractivity contribution in [2.45, 2.75) is 34.1 Å². The summed E-state index contributed by atoms with van der Waals surface area (Å²) < 4.78 is 0. The fourth-order valence-corrected chi connectivity index (χ4v) is 2.25. The molecule has 2 N–H and O–H groups in total. The van der Waals surface area contributed by atoms with Gasteiger partial charge in [-0.15, -0.1) is 0 Å². The molecule has 0 atom stereocenters. The van der Waals surface area contributed by atoms with Gasteiger partial charge in [-0.05, 0) is 68.1 Å². The van der Waals surface area contributed by atoms with Gasteiger partial charge in [-0.2, -0.15) is 0 Å². The van der Waals surface area contributed by atoms with Crippen molar-refractivity contribution >= 4 is 23.2 Å². The highest BCUT2D eigenvalue weighted by molar-refractivity contribution is 6.08. The highest BCUT2D eigenvalue weighted by atomic mass is 16.2. The molecule has 4 nitrogen and oxygen atoms in total. The second-order valence-corrected chi connectivity index (χ2v) is 5.82. The summed E-state index contributed by atoms with van der Waals surface area (Å²) in [4.78, 5) is 24.0. The lowest BCUT2D eigenvalue weighted by atomic mass is 10.1. The molecule has 0 bridgehead atoms. The number of rotatable bonds is 4. The van der Waals surface area contributed by atoms with Crippen molar-refractivity contribution in [1.29, 1.82) is 0 Å². The number of carbonyl (C=O) groups excluding carboxylic acids is 2. The third kappa shape index (κ3) is 4.42. The van der Waals surface area contributed by atoms with Crippen molar-refractivity contribution in [3.05, 3.63) is 58.7 Å². The molecule has 2 aromatic rings. The van der Waals surface area contributed by atoms with E-state index in [-0.39, 0.29) is 18.2 Å². The molecule has 0 radical (unpaired) electrons. The summed E-state index contributed by atoms with van der Waals surface area (Å²) in [5.41, 5.74) is 5.82. The van der Waals surface area contributed by atoms with Crippen molar-refractivity contribution in [3.63, 3.8) is 0 Å². The highest BCUT2D eigenvalue weighted by Crippen LogP contribution is 2.18. The minimum atomic E-state index is -0.323. The number of benzene rings is 2. The lowest BCUT2D eigenvalue weighted by molar-refractivity contribution is -0.123. The molecule has 23 heavy (non-hydrogen) atoms. The monoisotopic (exact) mass is 310 g/mol. The molecule has 4 heteroatoms. The number of carbonyl (C=O) groups is 2. The Hall–Kier alpha value is -2.62. The van der Waals surface area contributed by atoms with Crippen LogP contribution >= 0.6 is 0 Å². The Morgan fingerprint density at radius 3 is 2.22 bits per heavy atom. The first kappa shape index (κ1) is 16.7. The Balaban J connectivity index is 1.95. The quantitative estimate of drug-likeness (QED) is 0.842. The van der Waals surface area contributed by atoms with E-state index in [4.69, 9.17) is 0 Å². The summed E-state index contributed by atoms with van der Waals surface area (Å²) in [6.07, 6.45) is -0.208. The predicted molar refractivity (Wildman–Crippen MR) is 93.7 cm³/mol. The largest absolute Gasteiger partial charge is 0.326 e. The van der Waals surface area contributed by atoms with Gasteiger partial charge in [0.1, 0.15) is 6.42 Å². The molecule has 0 aliphatic carbocycles. The number of aryl methyl sites for hydroxylation is 3. The summed E-state index contributed by atoms with van der Waals surface area (Å²) in [5, 5.41) is 5.54. The molecule has 0 aromatic heterocycles. The van der Waals surface area contributed by atoms with Gasteiger partial charge in [0, 0.05) is 11.4 Å². The van der Waals surface area contributed by atoms with E-state index in [9.17, 15) is 9.59 Å². The minimum absolute atomic E-state index is 0.208. The SMILES string of the molecule is Cc1ccc(NC(=O)CC(=O)Nc2cccc(C)c2C)cc1C. The maximum atomic E-state index is 12.0. The van der Waals surface area contributed by atoms with Crippen LogP contribution in [0.5, 0.6) is 0 Å². The zero-order valence-electron chi connectivity index (χ0n) is 14.0. The Kier molecular flexibility index (Phi) is 5.16. The lowest BCUT2D eigenvalue weighted by Crippen LogP contribution is -2.21. The van der Waals surface area contributed by atoms with E-state index >= 15 is 0 Å². The molecule has 2 amide bonds. The van der Waals surface area contributed by atoms with Crippen LogP contribution in [0.15, 0.2) is 36.4 Å². The topological polar surface area (TPSA) is 58.2 Å². The van der Waals surface area contributed by atoms with Gasteiger partial charge in [-0.25, -0.2) is 0 Å². The van der Waals surface area contributed by atoms with Crippen LogP contribution in [-0.4, -0.2) is 11.8 Å². The molecule has 0 saturated heterocycles. The van der Waals surface area contributed by atoms with E-state index in [1.54, 1.807) is 0 Å². The third-order valence-electron chi connectivity index (χ3n) is 3.99. The molecule has 0 spiro atoms. The molecule has 0 saturated carbocycles. The first-order chi connectivity index (χ1) is 10.9. The average Bonchev–Trinajstić information content (AvgIpc) is 2.47. The van der Waals surface area contributed by atoms with Crippen molar-refractivity contribution in [3.8, 4) is 0 Å². The van der Waals surface area contributed by atoms with Gasteiger partial charge < -0.3 is 10.6 Å². The van der Waals surface area contributed by atoms with Crippen LogP contribution in [0.3, 0.4) is 0 Å². The zero-order valence-corrected chi connectivity index (χ0v) is 14.0. The summed E-state index contributed by atoms with van der Waals surface area (Å²) in [6.45, 7) is 7.92. The fourth-order valence-electron chi connectivity index (χ4n) is 2.25. The minimum Gasteiger partial charge on any atom is -0.326 e. The van der Waals surface area contributed by atoms with E-state index < -0.39 is 0 Å². The smallest absolute Gasteiger partial charge is 0.233 e. The van der Waals surface area contributed by atoms with Crippen LogP contribution in [0.1, 0.15) is 28.7 Å². The maximum absolute atomic E-state index is 12.0. The number of amides is 2. The van der Waals surface area contributed by atoms with E-state index in [1.807, 2.05) is 64.1 Å². The summed E-state index contributed by atoms with van der Waals surface area (Å²) in [6, 6.07) is 11.4. The Labute approximate surface area is 136 Å². The van der Waals surface area contributed by atoms with Gasteiger partial charge in [-0.3, -0.25) is 9.59 Å². The van der Waals surface area contributed by atoms with Gasteiger partial charge in [0.2, 0.25) is 11.8 Å². The first-order valence-corrected chi connectivity index (χ1v) is 7.60. The standard InChI is InChI=1S/C19H22N2O2/c1-12-8-9-16(10-14(12)3)20-18(22)11-19(23)21-17-7-5-6-13(2)15(17)4/h5-10H,11H2,1-4H3,(H,20,22)(H,21,23). The van der Waals surface area contributed by atoms with Crippen molar-refractivity contribution < 1.29 is 9.59 Å². The lowest BCUT2D eigenvalue weighted by Gasteiger charge is -2.11. The van der Waals surface area contributed by atoms with Crippen molar-refractivity contribution in [1.82, 2.24) is 0 Å². The molecular weight excluding hydrogens is 288 g/mol. The Bertz CT molecular complexity index is 751. The Morgan fingerprint density at radius 2 is 1.52 bits per heavy atom. The van der Waals surface area contributed by atoms with E-state index in [0.717, 1.165) is 27.9 Å². The second kappa shape index (κ2) is 7.09. The van der Waals surface area contributed by atoms with Crippen LogP contribution < -0.4 is 10.6 Å². The molecule has 2 aromatic carbocycles. The summed E-state index contributed by atoms with van der Waals surface area (Å²) in [5.74, 6) is -0.643. The summed E-state index contributed by atoms with van der Waals surface area (Å²) >= 11 is 0. The number of nitrogens with one attached hydrogen (secondary N) is 2. The molecular formula is C19H22N2O2. The summed E-state index contributed by atoms with van der Waals surface area (Å²) in [7, 11) is 0. The highest BCUT2D eigenvalue weighted by Gasteiger charge is 2.11. The van der Waals surface area contributed by atoms with Crippen LogP contribution in [0.25, 0.3) is 0 Å². The van der Waals surface area contributed by atoms with Crippen LogP contribution in [-0.2, 0) is 9.59 Å².